The lowest BCUT2D eigenvalue weighted by molar-refractivity contribution is -0.0177. The van der Waals surface area contributed by atoms with E-state index in [0.717, 1.165) is 0 Å². The van der Waals surface area contributed by atoms with E-state index >= 15 is 0 Å². The van der Waals surface area contributed by atoms with E-state index in [-0.39, 0.29) is 18.5 Å². The monoisotopic (exact) mass is 260 g/mol. The SMILES string of the molecule is COCC(C)OCCOCCS(=O)(=O)Cl. The molecule has 1 unspecified atom stereocenters. The molecule has 0 aliphatic heterocycles. The summed E-state index contributed by atoms with van der Waals surface area (Å²) in [6.45, 7) is 3.25. The third kappa shape index (κ3) is 12.0. The minimum absolute atomic E-state index is 0.00959. The maximum Gasteiger partial charge on any atom is 0.234 e. The Morgan fingerprint density at radius 3 is 2.47 bits per heavy atom. The molecule has 0 heterocycles. The van der Waals surface area contributed by atoms with Crippen molar-refractivity contribution >= 4 is 19.7 Å². The van der Waals surface area contributed by atoms with Crippen LogP contribution < -0.4 is 0 Å². The highest BCUT2D eigenvalue weighted by molar-refractivity contribution is 8.13. The maximum atomic E-state index is 10.5. The van der Waals surface area contributed by atoms with Crippen molar-refractivity contribution in [3.05, 3.63) is 0 Å². The fourth-order valence-corrected chi connectivity index (χ4v) is 1.36. The Morgan fingerprint density at radius 2 is 1.93 bits per heavy atom. The molecule has 15 heavy (non-hydrogen) atoms. The Balaban J connectivity index is 3.25. The van der Waals surface area contributed by atoms with E-state index in [1.807, 2.05) is 6.92 Å². The van der Waals surface area contributed by atoms with Crippen molar-refractivity contribution < 1.29 is 22.6 Å². The van der Waals surface area contributed by atoms with Crippen LogP contribution in [0.2, 0.25) is 0 Å². The fraction of sp³-hybridized carbons (Fsp3) is 1.00. The summed E-state index contributed by atoms with van der Waals surface area (Å²) >= 11 is 0. The average molecular weight is 261 g/mol. The number of ether oxygens (including phenoxy) is 3. The summed E-state index contributed by atoms with van der Waals surface area (Å²) in [5.74, 6) is -0.178. The van der Waals surface area contributed by atoms with Gasteiger partial charge in [0.25, 0.3) is 0 Å². The average Bonchev–Trinajstić information content (AvgIpc) is 2.09. The van der Waals surface area contributed by atoms with Crippen molar-refractivity contribution in [3.8, 4) is 0 Å². The molecular weight excluding hydrogens is 244 g/mol. The predicted molar refractivity (Wildman–Crippen MR) is 57.7 cm³/mol. The molecule has 0 rings (SSSR count). The van der Waals surface area contributed by atoms with E-state index in [1.165, 1.54) is 0 Å². The van der Waals surface area contributed by atoms with Gasteiger partial charge in [-0.2, -0.15) is 0 Å². The van der Waals surface area contributed by atoms with Gasteiger partial charge in [-0.15, -0.1) is 0 Å². The molecule has 0 bridgehead atoms. The summed E-state index contributed by atoms with van der Waals surface area (Å²) in [5, 5.41) is 0. The minimum Gasteiger partial charge on any atom is -0.382 e. The normalized spacial score (nSPS) is 14.1. The van der Waals surface area contributed by atoms with Crippen LogP contribution in [0.3, 0.4) is 0 Å². The molecule has 0 N–H and O–H groups in total. The highest BCUT2D eigenvalue weighted by atomic mass is 35.7. The number of hydrogen-bond donors (Lipinski definition) is 0. The molecule has 0 saturated heterocycles. The molecule has 0 aliphatic rings. The van der Waals surface area contributed by atoms with Crippen molar-refractivity contribution in [2.24, 2.45) is 0 Å². The van der Waals surface area contributed by atoms with Crippen LogP contribution in [0.15, 0.2) is 0 Å². The highest BCUT2D eigenvalue weighted by Crippen LogP contribution is 1.96. The molecular formula is C8H17ClO5S. The summed E-state index contributed by atoms with van der Waals surface area (Å²) in [5.41, 5.74) is 0. The van der Waals surface area contributed by atoms with Crippen molar-refractivity contribution in [3.63, 3.8) is 0 Å². The van der Waals surface area contributed by atoms with Crippen LogP contribution >= 0.6 is 10.7 Å². The molecule has 0 amide bonds. The lowest BCUT2D eigenvalue weighted by Crippen LogP contribution is -2.18. The van der Waals surface area contributed by atoms with Gasteiger partial charge in [0, 0.05) is 17.8 Å². The largest absolute Gasteiger partial charge is 0.382 e. The first kappa shape index (κ1) is 15.1. The Labute approximate surface area is 95.1 Å². The van der Waals surface area contributed by atoms with E-state index in [0.29, 0.717) is 19.8 Å². The molecule has 92 valence electrons. The zero-order valence-corrected chi connectivity index (χ0v) is 10.5. The molecule has 7 heteroatoms. The van der Waals surface area contributed by atoms with Crippen LogP contribution in [0, 0.1) is 0 Å². The van der Waals surface area contributed by atoms with Gasteiger partial charge in [-0.3, -0.25) is 0 Å². The summed E-state index contributed by atoms with van der Waals surface area (Å²) in [7, 11) is 3.13. The number of methoxy groups -OCH3 is 1. The standard InChI is InChI=1S/C8H17ClO5S/c1-8(7-12-2)14-4-3-13-5-6-15(9,10)11/h8H,3-7H2,1-2H3. The second-order valence-electron chi connectivity index (χ2n) is 2.99. The van der Waals surface area contributed by atoms with Gasteiger partial charge in [-0.25, -0.2) is 8.42 Å². The fourth-order valence-electron chi connectivity index (χ4n) is 0.852. The predicted octanol–water partition coefficient (Wildman–Crippen LogP) is 0.623. The second-order valence-corrected chi connectivity index (χ2v) is 5.89. The molecule has 0 spiro atoms. The van der Waals surface area contributed by atoms with Gasteiger partial charge >= 0.3 is 0 Å². The van der Waals surface area contributed by atoms with Gasteiger partial charge in [0.05, 0.1) is 38.3 Å². The summed E-state index contributed by atoms with van der Waals surface area (Å²) in [4.78, 5) is 0. The van der Waals surface area contributed by atoms with Crippen LogP contribution in [-0.2, 0) is 23.3 Å². The summed E-state index contributed by atoms with van der Waals surface area (Å²) in [6.07, 6.45) is 0.00959. The van der Waals surface area contributed by atoms with Crippen LogP contribution in [-0.4, -0.2) is 53.8 Å². The van der Waals surface area contributed by atoms with Gasteiger partial charge in [-0.05, 0) is 6.92 Å². The van der Waals surface area contributed by atoms with Gasteiger partial charge in [0.1, 0.15) is 0 Å². The minimum atomic E-state index is -3.45. The van der Waals surface area contributed by atoms with Crippen LogP contribution in [0.4, 0.5) is 0 Å². The molecule has 1 atom stereocenters. The number of halogens is 1. The molecule has 0 aromatic carbocycles. The van der Waals surface area contributed by atoms with Crippen LogP contribution in [0.5, 0.6) is 0 Å². The van der Waals surface area contributed by atoms with Gasteiger partial charge in [0.2, 0.25) is 9.05 Å². The quantitative estimate of drug-likeness (QED) is 0.449. The molecule has 0 fully saturated rings. The Morgan fingerprint density at radius 1 is 1.27 bits per heavy atom. The smallest absolute Gasteiger partial charge is 0.234 e. The molecule has 0 aromatic rings. The molecule has 0 radical (unpaired) electrons. The molecule has 5 nitrogen and oxygen atoms in total. The lowest BCUT2D eigenvalue weighted by Gasteiger charge is -2.11. The van der Waals surface area contributed by atoms with E-state index in [2.05, 4.69) is 0 Å². The Kier molecular flexibility index (Phi) is 8.36. The van der Waals surface area contributed by atoms with Crippen molar-refractivity contribution in [1.82, 2.24) is 0 Å². The molecule has 0 aliphatic carbocycles. The van der Waals surface area contributed by atoms with Gasteiger partial charge in [0.15, 0.2) is 0 Å². The number of rotatable bonds is 9. The Hall–Kier alpha value is 0.120. The van der Waals surface area contributed by atoms with Gasteiger partial charge < -0.3 is 14.2 Å². The Bertz CT molecular complexity index is 241. The van der Waals surface area contributed by atoms with E-state index in [1.54, 1.807) is 7.11 Å². The topological polar surface area (TPSA) is 61.8 Å². The van der Waals surface area contributed by atoms with E-state index < -0.39 is 9.05 Å². The lowest BCUT2D eigenvalue weighted by atomic mass is 10.4. The second kappa shape index (κ2) is 8.29. The molecule has 0 saturated carbocycles. The zero-order valence-electron chi connectivity index (χ0n) is 8.94. The number of hydrogen-bond acceptors (Lipinski definition) is 5. The highest BCUT2D eigenvalue weighted by Gasteiger charge is 2.04. The maximum absolute atomic E-state index is 10.5. The van der Waals surface area contributed by atoms with Gasteiger partial charge in [-0.1, -0.05) is 0 Å². The van der Waals surface area contributed by atoms with Crippen LogP contribution in [0.25, 0.3) is 0 Å². The third-order valence-electron chi connectivity index (χ3n) is 1.50. The summed E-state index contributed by atoms with van der Waals surface area (Å²) in [6, 6.07) is 0. The first-order valence-electron chi connectivity index (χ1n) is 4.56. The van der Waals surface area contributed by atoms with Crippen molar-refractivity contribution in [2.45, 2.75) is 13.0 Å². The summed E-state index contributed by atoms with van der Waals surface area (Å²) < 4.78 is 36.1. The van der Waals surface area contributed by atoms with Crippen LogP contribution in [0.1, 0.15) is 6.92 Å². The first-order chi connectivity index (χ1) is 6.95. The van der Waals surface area contributed by atoms with E-state index in [4.69, 9.17) is 24.9 Å². The zero-order chi connectivity index (χ0) is 11.7. The van der Waals surface area contributed by atoms with Crippen molar-refractivity contribution in [1.29, 1.82) is 0 Å². The van der Waals surface area contributed by atoms with E-state index in [9.17, 15) is 8.42 Å². The first-order valence-corrected chi connectivity index (χ1v) is 7.04. The third-order valence-corrected chi connectivity index (χ3v) is 2.62. The molecule has 0 aromatic heterocycles. The van der Waals surface area contributed by atoms with Crippen molar-refractivity contribution in [2.75, 3.05) is 39.3 Å².